The largest absolute Gasteiger partial charge is 0.481 e. The van der Waals surface area contributed by atoms with Gasteiger partial charge in [-0.25, -0.2) is 4.79 Å². The number of aliphatic hydroxyl groups is 1. The lowest BCUT2D eigenvalue weighted by atomic mass is 9.86. The van der Waals surface area contributed by atoms with Gasteiger partial charge in [0.05, 0.1) is 12.5 Å². The lowest BCUT2D eigenvalue weighted by molar-refractivity contribution is -0.143. The molecule has 0 aliphatic heterocycles. The van der Waals surface area contributed by atoms with E-state index in [-0.39, 0.29) is 6.04 Å². The van der Waals surface area contributed by atoms with Crippen LogP contribution in [-0.4, -0.2) is 59.0 Å². The number of carboxylic acids is 1. The Balaban J connectivity index is 2.48. The van der Waals surface area contributed by atoms with Gasteiger partial charge in [-0.15, -0.1) is 0 Å². The lowest BCUT2D eigenvalue weighted by Crippen LogP contribution is -2.50. The van der Waals surface area contributed by atoms with E-state index in [0.29, 0.717) is 30.6 Å². The van der Waals surface area contributed by atoms with E-state index in [9.17, 15) is 22.8 Å². The van der Waals surface area contributed by atoms with Crippen molar-refractivity contribution < 1.29 is 33.0 Å². The molecule has 1 aliphatic rings. The highest BCUT2D eigenvalue weighted by Crippen LogP contribution is 2.24. The fraction of sp³-hybridized carbons (Fsp3) is 0.833. The van der Waals surface area contributed by atoms with E-state index in [1.165, 1.54) is 0 Å². The zero-order valence-electron chi connectivity index (χ0n) is 11.4. The van der Waals surface area contributed by atoms with E-state index in [0.717, 1.165) is 0 Å². The van der Waals surface area contributed by atoms with Crippen LogP contribution >= 0.6 is 0 Å². The van der Waals surface area contributed by atoms with E-state index >= 15 is 0 Å². The van der Waals surface area contributed by atoms with Gasteiger partial charge in [-0.1, -0.05) is 0 Å². The Kier molecular flexibility index (Phi) is 6.25. The van der Waals surface area contributed by atoms with Crippen molar-refractivity contribution in [2.75, 3.05) is 19.7 Å². The van der Waals surface area contributed by atoms with Crippen LogP contribution in [0.15, 0.2) is 0 Å². The SMILES string of the molecule is O=C(O)C1CCC(NC(=O)N(CCO)CC(F)(F)F)CC1. The average molecular weight is 312 g/mol. The first kappa shape index (κ1) is 17.5. The molecule has 1 rings (SSSR count). The summed E-state index contributed by atoms with van der Waals surface area (Å²) in [5.74, 6) is -1.35. The number of rotatable bonds is 5. The number of aliphatic carboxylic acids is 1. The van der Waals surface area contributed by atoms with E-state index in [2.05, 4.69) is 5.32 Å². The number of nitrogens with zero attached hydrogens (tertiary/aromatic N) is 1. The molecule has 6 nitrogen and oxygen atoms in total. The number of carboxylic acid groups (broad SMARTS) is 1. The Morgan fingerprint density at radius 2 is 1.76 bits per heavy atom. The van der Waals surface area contributed by atoms with Crippen LogP contribution in [0.2, 0.25) is 0 Å². The zero-order valence-corrected chi connectivity index (χ0v) is 11.4. The summed E-state index contributed by atoms with van der Waals surface area (Å²) >= 11 is 0. The molecule has 0 atom stereocenters. The van der Waals surface area contributed by atoms with Gasteiger partial charge in [0.25, 0.3) is 0 Å². The second kappa shape index (κ2) is 7.48. The highest BCUT2D eigenvalue weighted by Gasteiger charge is 2.34. The molecule has 122 valence electrons. The number of carbonyl (C=O) groups excluding carboxylic acids is 1. The molecule has 21 heavy (non-hydrogen) atoms. The molecule has 3 N–H and O–H groups in total. The van der Waals surface area contributed by atoms with E-state index < -0.39 is 43.8 Å². The van der Waals surface area contributed by atoms with Crippen molar-refractivity contribution in [2.45, 2.75) is 37.9 Å². The average Bonchev–Trinajstić information content (AvgIpc) is 2.37. The fourth-order valence-corrected chi connectivity index (χ4v) is 2.34. The molecular weight excluding hydrogens is 293 g/mol. The molecule has 0 unspecified atom stereocenters. The van der Waals surface area contributed by atoms with Crippen LogP contribution in [0.1, 0.15) is 25.7 Å². The first-order chi connectivity index (χ1) is 9.73. The Hall–Kier alpha value is -1.51. The van der Waals surface area contributed by atoms with Gasteiger partial charge < -0.3 is 20.4 Å². The van der Waals surface area contributed by atoms with Crippen LogP contribution in [0.3, 0.4) is 0 Å². The Morgan fingerprint density at radius 1 is 1.19 bits per heavy atom. The topological polar surface area (TPSA) is 89.9 Å². The molecule has 0 radical (unpaired) electrons. The summed E-state index contributed by atoms with van der Waals surface area (Å²) in [6.07, 6.45) is -2.92. The van der Waals surface area contributed by atoms with Gasteiger partial charge in [0.2, 0.25) is 0 Å². The summed E-state index contributed by atoms with van der Waals surface area (Å²) in [7, 11) is 0. The second-order valence-electron chi connectivity index (χ2n) is 5.10. The van der Waals surface area contributed by atoms with Crippen LogP contribution in [0, 0.1) is 5.92 Å². The second-order valence-corrected chi connectivity index (χ2v) is 5.10. The third kappa shape index (κ3) is 6.19. The van der Waals surface area contributed by atoms with Gasteiger partial charge in [-0.2, -0.15) is 13.2 Å². The van der Waals surface area contributed by atoms with E-state index in [1.807, 2.05) is 0 Å². The minimum Gasteiger partial charge on any atom is -0.481 e. The van der Waals surface area contributed by atoms with Crippen molar-refractivity contribution in [1.82, 2.24) is 10.2 Å². The van der Waals surface area contributed by atoms with Crippen LogP contribution in [0.4, 0.5) is 18.0 Å². The summed E-state index contributed by atoms with van der Waals surface area (Å²) in [5, 5.41) is 20.0. The van der Waals surface area contributed by atoms with Crippen LogP contribution in [0.5, 0.6) is 0 Å². The van der Waals surface area contributed by atoms with E-state index in [4.69, 9.17) is 10.2 Å². The minimum atomic E-state index is -4.53. The van der Waals surface area contributed by atoms with Crippen molar-refractivity contribution in [2.24, 2.45) is 5.92 Å². The van der Waals surface area contributed by atoms with Gasteiger partial charge in [-0.05, 0) is 25.7 Å². The maximum absolute atomic E-state index is 12.3. The van der Waals surface area contributed by atoms with Crippen molar-refractivity contribution in [3.63, 3.8) is 0 Å². The van der Waals surface area contributed by atoms with Crippen LogP contribution < -0.4 is 5.32 Å². The number of amides is 2. The van der Waals surface area contributed by atoms with Gasteiger partial charge in [0.1, 0.15) is 6.54 Å². The lowest BCUT2D eigenvalue weighted by Gasteiger charge is -2.30. The molecule has 1 saturated carbocycles. The molecule has 0 bridgehead atoms. The predicted molar refractivity (Wildman–Crippen MR) is 66.6 cm³/mol. The maximum atomic E-state index is 12.3. The van der Waals surface area contributed by atoms with Crippen molar-refractivity contribution in [3.05, 3.63) is 0 Å². The molecule has 2 amide bonds. The summed E-state index contributed by atoms with van der Waals surface area (Å²) in [5.41, 5.74) is 0. The molecule has 0 heterocycles. The molecule has 1 fully saturated rings. The number of urea groups is 1. The normalized spacial score (nSPS) is 22.7. The zero-order chi connectivity index (χ0) is 16.0. The van der Waals surface area contributed by atoms with Crippen molar-refractivity contribution in [1.29, 1.82) is 0 Å². The Bertz CT molecular complexity index is 368. The first-order valence-corrected chi connectivity index (χ1v) is 6.68. The molecule has 0 aromatic heterocycles. The summed E-state index contributed by atoms with van der Waals surface area (Å²) in [4.78, 5) is 23.1. The van der Waals surface area contributed by atoms with Gasteiger partial charge in [-0.3, -0.25) is 4.79 Å². The molecule has 0 saturated heterocycles. The number of carbonyl (C=O) groups is 2. The Labute approximate surface area is 119 Å². The van der Waals surface area contributed by atoms with Gasteiger partial charge >= 0.3 is 18.2 Å². The van der Waals surface area contributed by atoms with Gasteiger partial charge in [0, 0.05) is 12.6 Å². The number of hydrogen-bond donors (Lipinski definition) is 3. The number of aliphatic hydroxyl groups excluding tert-OH is 1. The fourth-order valence-electron chi connectivity index (χ4n) is 2.34. The Morgan fingerprint density at radius 3 is 2.19 bits per heavy atom. The molecule has 0 aromatic carbocycles. The standard InChI is InChI=1S/C12H19F3N2O4/c13-12(14,15)7-17(5-6-18)11(21)16-9-3-1-8(2-4-9)10(19)20/h8-9,18H,1-7H2,(H,16,21)(H,19,20). The van der Waals surface area contributed by atoms with Crippen LogP contribution in [0.25, 0.3) is 0 Å². The number of hydrogen-bond acceptors (Lipinski definition) is 3. The van der Waals surface area contributed by atoms with Crippen molar-refractivity contribution in [3.8, 4) is 0 Å². The minimum absolute atomic E-state index is 0.331. The molecular formula is C12H19F3N2O4. The number of nitrogens with one attached hydrogen (secondary N) is 1. The van der Waals surface area contributed by atoms with E-state index in [1.54, 1.807) is 0 Å². The number of halogens is 3. The predicted octanol–water partition coefficient (Wildman–Crippen LogP) is 1.20. The third-order valence-corrected chi connectivity index (χ3v) is 3.43. The summed E-state index contributed by atoms with van der Waals surface area (Å²) in [6.45, 7) is -2.39. The highest BCUT2D eigenvalue weighted by atomic mass is 19.4. The summed E-state index contributed by atoms with van der Waals surface area (Å²) in [6, 6.07) is -1.22. The highest BCUT2D eigenvalue weighted by molar-refractivity contribution is 5.74. The summed E-state index contributed by atoms with van der Waals surface area (Å²) < 4.78 is 37.0. The smallest absolute Gasteiger partial charge is 0.406 e. The monoisotopic (exact) mass is 312 g/mol. The molecule has 0 aromatic rings. The molecule has 0 spiro atoms. The van der Waals surface area contributed by atoms with Crippen LogP contribution in [-0.2, 0) is 4.79 Å². The third-order valence-electron chi connectivity index (χ3n) is 3.43. The quantitative estimate of drug-likeness (QED) is 0.711. The number of alkyl halides is 3. The first-order valence-electron chi connectivity index (χ1n) is 6.68. The van der Waals surface area contributed by atoms with Gasteiger partial charge in [0.15, 0.2) is 0 Å². The van der Waals surface area contributed by atoms with Crippen molar-refractivity contribution >= 4 is 12.0 Å². The molecule has 9 heteroatoms. The molecule has 1 aliphatic carbocycles. The maximum Gasteiger partial charge on any atom is 0.406 e.